The monoisotopic (exact) mass is 357 g/mol. The summed E-state index contributed by atoms with van der Waals surface area (Å²) in [5, 5.41) is 0. The van der Waals surface area contributed by atoms with Gasteiger partial charge in [-0.05, 0) is 64.4 Å². The Labute approximate surface area is 152 Å². The number of halogens is 1. The van der Waals surface area contributed by atoms with E-state index in [2.05, 4.69) is 30.9 Å². The summed E-state index contributed by atoms with van der Waals surface area (Å²) in [6.45, 7) is 10.1. The van der Waals surface area contributed by atoms with Crippen LogP contribution in [0.25, 0.3) is 0 Å². The number of benzene rings is 1. The maximum Gasteiger partial charge on any atom is 0.306 e. The van der Waals surface area contributed by atoms with E-state index in [1.165, 1.54) is 5.56 Å². The van der Waals surface area contributed by atoms with Gasteiger partial charge in [0.1, 0.15) is 5.75 Å². The van der Waals surface area contributed by atoms with Crippen LogP contribution in [0.3, 0.4) is 0 Å². The largest absolute Gasteiger partial charge is 0.497 e. The van der Waals surface area contributed by atoms with E-state index in [4.69, 9.17) is 9.47 Å². The third-order valence-corrected chi connectivity index (χ3v) is 3.91. The molecule has 0 aromatic heterocycles. The van der Waals surface area contributed by atoms with E-state index in [0.717, 1.165) is 31.7 Å². The zero-order valence-electron chi connectivity index (χ0n) is 15.6. The van der Waals surface area contributed by atoms with Crippen molar-refractivity contribution in [1.82, 2.24) is 4.90 Å². The van der Waals surface area contributed by atoms with Gasteiger partial charge in [0, 0.05) is 12.5 Å². The molecule has 138 valence electrons. The molecule has 0 saturated heterocycles. The van der Waals surface area contributed by atoms with Crippen LogP contribution >= 0.6 is 12.4 Å². The number of ether oxygens (including phenoxy) is 2. The van der Waals surface area contributed by atoms with Crippen LogP contribution < -0.4 is 4.74 Å². The molecule has 1 aromatic rings. The lowest BCUT2D eigenvalue weighted by Crippen LogP contribution is -2.35. The average Bonchev–Trinajstić information content (AvgIpc) is 2.51. The predicted molar refractivity (Wildman–Crippen MR) is 101 cm³/mol. The third-order valence-electron chi connectivity index (χ3n) is 3.91. The van der Waals surface area contributed by atoms with Gasteiger partial charge in [-0.15, -0.1) is 12.4 Å². The van der Waals surface area contributed by atoms with Crippen LogP contribution in [-0.4, -0.2) is 43.2 Å². The molecule has 0 aliphatic carbocycles. The zero-order valence-corrected chi connectivity index (χ0v) is 16.4. The second kappa shape index (κ2) is 12.2. The van der Waals surface area contributed by atoms with E-state index in [9.17, 15) is 4.79 Å². The maximum atomic E-state index is 11.6. The topological polar surface area (TPSA) is 38.8 Å². The van der Waals surface area contributed by atoms with Crippen LogP contribution in [0.4, 0.5) is 0 Å². The molecule has 0 amide bonds. The van der Waals surface area contributed by atoms with Crippen LogP contribution in [0, 0.1) is 0 Å². The van der Waals surface area contributed by atoms with Gasteiger partial charge in [-0.25, -0.2) is 0 Å². The highest BCUT2D eigenvalue weighted by molar-refractivity contribution is 5.85. The minimum atomic E-state index is -0.0983. The fourth-order valence-corrected chi connectivity index (χ4v) is 2.67. The Kier molecular flexibility index (Phi) is 11.5. The van der Waals surface area contributed by atoms with E-state index in [1.807, 2.05) is 26.0 Å². The van der Waals surface area contributed by atoms with Crippen LogP contribution in [0.1, 0.15) is 46.1 Å². The van der Waals surface area contributed by atoms with E-state index in [0.29, 0.717) is 12.5 Å². The number of hydrogen-bond donors (Lipinski definition) is 0. The number of carbonyl (C=O) groups excluding carboxylic acids is 1. The Hall–Kier alpha value is -1.26. The Morgan fingerprint density at radius 1 is 1.17 bits per heavy atom. The summed E-state index contributed by atoms with van der Waals surface area (Å²) in [7, 11) is 1.68. The first-order chi connectivity index (χ1) is 11.0. The zero-order chi connectivity index (χ0) is 17.2. The molecule has 0 aliphatic rings. The van der Waals surface area contributed by atoms with Crippen molar-refractivity contribution in [3.05, 3.63) is 29.8 Å². The molecular formula is C19H32ClNO3. The molecular weight excluding hydrogens is 326 g/mol. The number of hydrogen-bond acceptors (Lipinski definition) is 4. The normalized spacial score (nSPS) is 12.0. The lowest BCUT2D eigenvalue weighted by Gasteiger charge is -2.28. The molecule has 0 spiro atoms. The van der Waals surface area contributed by atoms with Gasteiger partial charge in [-0.3, -0.25) is 4.79 Å². The van der Waals surface area contributed by atoms with Crippen molar-refractivity contribution < 1.29 is 14.3 Å². The smallest absolute Gasteiger partial charge is 0.306 e. The average molecular weight is 358 g/mol. The quantitative estimate of drug-likeness (QED) is 0.591. The van der Waals surface area contributed by atoms with Gasteiger partial charge < -0.3 is 14.4 Å². The maximum absolute atomic E-state index is 11.6. The lowest BCUT2D eigenvalue weighted by atomic mass is 10.1. The predicted octanol–water partition coefficient (Wildman–Crippen LogP) is 4.10. The molecule has 5 heteroatoms. The molecule has 1 aromatic carbocycles. The highest BCUT2D eigenvalue weighted by Crippen LogP contribution is 2.15. The van der Waals surface area contributed by atoms with Crippen molar-refractivity contribution in [2.24, 2.45) is 0 Å². The molecule has 0 N–H and O–H groups in total. The minimum absolute atomic E-state index is 0. The van der Waals surface area contributed by atoms with Crippen LogP contribution in [0.15, 0.2) is 24.3 Å². The van der Waals surface area contributed by atoms with Crippen LogP contribution in [-0.2, 0) is 16.0 Å². The van der Waals surface area contributed by atoms with Gasteiger partial charge in [0.25, 0.3) is 0 Å². The van der Waals surface area contributed by atoms with Crippen LogP contribution in [0.5, 0.6) is 5.75 Å². The summed E-state index contributed by atoms with van der Waals surface area (Å²) in [5.41, 5.74) is 1.30. The SMILES string of the molecule is CCN(CCCC(=O)OC(C)C)C(C)Cc1ccc(OC)cc1.Cl. The number of esters is 1. The first-order valence-electron chi connectivity index (χ1n) is 8.52. The summed E-state index contributed by atoms with van der Waals surface area (Å²) in [4.78, 5) is 14.0. The lowest BCUT2D eigenvalue weighted by molar-refractivity contribution is -0.147. The summed E-state index contributed by atoms with van der Waals surface area (Å²) in [6.07, 6.45) is 2.30. The molecule has 0 saturated carbocycles. The summed E-state index contributed by atoms with van der Waals surface area (Å²) >= 11 is 0. The molecule has 1 unspecified atom stereocenters. The standard InChI is InChI=1S/C19H31NO3.ClH/c1-6-20(13-7-8-19(21)23-15(2)3)16(4)14-17-9-11-18(22-5)12-10-17;/h9-12,15-16H,6-8,13-14H2,1-5H3;1H. The Morgan fingerprint density at radius 2 is 1.79 bits per heavy atom. The van der Waals surface area contributed by atoms with E-state index >= 15 is 0 Å². The molecule has 0 fully saturated rings. The molecule has 1 rings (SSSR count). The molecule has 1 atom stereocenters. The fraction of sp³-hybridized carbons (Fsp3) is 0.632. The number of rotatable bonds is 10. The van der Waals surface area contributed by atoms with Gasteiger partial charge >= 0.3 is 5.97 Å². The van der Waals surface area contributed by atoms with E-state index in [-0.39, 0.29) is 24.5 Å². The Balaban J connectivity index is 0.00000529. The van der Waals surface area contributed by atoms with Gasteiger partial charge in [0.2, 0.25) is 0 Å². The van der Waals surface area contributed by atoms with Gasteiger partial charge in [0.05, 0.1) is 13.2 Å². The second-order valence-electron chi connectivity index (χ2n) is 6.17. The summed E-state index contributed by atoms with van der Waals surface area (Å²) < 4.78 is 10.4. The summed E-state index contributed by atoms with van der Waals surface area (Å²) in [5.74, 6) is 0.788. The molecule has 0 aliphatic heterocycles. The van der Waals surface area contributed by atoms with Gasteiger partial charge in [0.15, 0.2) is 0 Å². The number of methoxy groups -OCH3 is 1. The second-order valence-corrected chi connectivity index (χ2v) is 6.17. The number of nitrogens with zero attached hydrogens (tertiary/aromatic N) is 1. The summed E-state index contributed by atoms with van der Waals surface area (Å²) in [6, 6.07) is 8.67. The van der Waals surface area contributed by atoms with E-state index < -0.39 is 0 Å². The molecule has 0 radical (unpaired) electrons. The van der Waals surface area contributed by atoms with E-state index in [1.54, 1.807) is 7.11 Å². The van der Waals surface area contributed by atoms with Crippen molar-refractivity contribution in [2.45, 2.75) is 59.1 Å². The van der Waals surface area contributed by atoms with Crippen molar-refractivity contribution in [2.75, 3.05) is 20.2 Å². The molecule has 0 heterocycles. The third kappa shape index (κ3) is 8.55. The van der Waals surface area contributed by atoms with Crippen molar-refractivity contribution in [1.29, 1.82) is 0 Å². The van der Waals surface area contributed by atoms with Crippen molar-refractivity contribution >= 4 is 18.4 Å². The van der Waals surface area contributed by atoms with Gasteiger partial charge in [-0.1, -0.05) is 19.1 Å². The Morgan fingerprint density at radius 3 is 2.29 bits per heavy atom. The van der Waals surface area contributed by atoms with Gasteiger partial charge in [-0.2, -0.15) is 0 Å². The minimum Gasteiger partial charge on any atom is -0.497 e. The molecule has 24 heavy (non-hydrogen) atoms. The van der Waals surface area contributed by atoms with Crippen molar-refractivity contribution in [3.8, 4) is 5.75 Å². The Bertz CT molecular complexity index is 462. The van der Waals surface area contributed by atoms with Crippen molar-refractivity contribution in [3.63, 3.8) is 0 Å². The number of likely N-dealkylation sites (N-methyl/N-ethyl adjacent to an activating group) is 1. The van der Waals surface area contributed by atoms with Crippen LogP contribution in [0.2, 0.25) is 0 Å². The highest BCUT2D eigenvalue weighted by atomic mass is 35.5. The fourth-order valence-electron chi connectivity index (χ4n) is 2.67. The number of carbonyl (C=O) groups is 1. The first-order valence-corrected chi connectivity index (χ1v) is 8.52. The highest BCUT2D eigenvalue weighted by Gasteiger charge is 2.14. The molecule has 4 nitrogen and oxygen atoms in total. The molecule has 0 bridgehead atoms. The first kappa shape index (κ1) is 22.7.